The summed E-state index contributed by atoms with van der Waals surface area (Å²) in [6.07, 6.45) is 2.02. The number of methoxy groups -OCH3 is 1. The van der Waals surface area contributed by atoms with Crippen molar-refractivity contribution in [1.29, 1.82) is 0 Å². The normalized spacial score (nSPS) is 14.4. The fourth-order valence-electron chi connectivity index (χ4n) is 1.62. The van der Waals surface area contributed by atoms with E-state index in [1.165, 1.54) is 25.3 Å². The third kappa shape index (κ3) is 4.90. The molecule has 0 aliphatic heterocycles. The summed E-state index contributed by atoms with van der Waals surface area (Å²) in [6, 6.07) is 5.83. The first-order valence-electron chi connectivity index (χ1n) is 6.29. The summed E-state index contributed by atoms with van der Waals surface area (Å²) in [5.41, 5.74) is -0.0142. The van der Waals surface area contributed by atoms with Gasteiger partial charge in [0.15, 0.2) is 0 Å². The summed E-state index contributed by atoms with van der Waals surface area (Å²) in [4.78, 5) is 11.5. The van der Waals surface area contributed by atoms with Gasteiger partial charge in [0.05, 0.1) is 17.6 Å². The van der Waals surface area contributed by atoms with E-state index in [9.17, 15) is 17.4 Å². The van der Waals surface area contributed by atoms with Crippen LogP contribution in [0.25, 0.3) is 0 Å². The highest BCUT2D eigenvalue weighted by atomic mass is 32.2. The Kier molecular flexibility index (Phi) is 6.50. The Morgan fingerprint density at radius 1 is 1.38 bits per heavy atom. The lowest BCUT2D eigenvalue weighted by Crippen LogP contribution is -2.29. The number of ether oxygens (including phenoxy) is 1. The summed E-state index contributed by atoms with van der Waals surface area (Å²) in [6.45, 7) is 1.94. The van der Waals surface area contributed by atoms with Crippen molar-refractivity contribution in [3.63, 3.8) is 0 Å². The van der Waals surface area contributed by atoms with Crippen molar-refractivity contribution >= 4 is 26.8 Å². The molecule has 0 radical (unpaired) electrons. The first-order chi connectivity index (χ1) is 9.79. The van der Waals surface area contributed by atoms with Crippen molar-refractivity contribution in [1.82, 2.24) is 4.72 Å². The average molecular weight is 333 g/mol. The second kappa shape index (κ2) is 7.67. The van der Waals surface area contributed by atoms with E-state index >= 15 is 0 Å². The maximum Gasteiger partial charge on any atom is 0.339 e. The van der Waals surface area contributed by atoms with Crippen LogP contribution in [0.15, 0.2) is 29.2 Å². The van der Waals surface area contributed by atoms with Crippen LogP contribution in [0.2, 0.25) is 0 Å². The van der Waals surface area contributed by atoms with Crippen molar-refractivity contribution in [2.75, 3.05) is 19.9 Å². The largest absolute Gasteiger partial charge is 0.465 e. The van der Waals surface area contributed by atoms with E-state index in [1.807, 2.05) is 0 Å². The van der Waals surface area contributed by atoms with Crippen LogP contribution in [0.1, 0.15) is 23.7 Å². The van der Waals surface area contributed by atoms with Crippen molar-refractivity contribution < 1.29 is 22.2 Å². The Balaban J connectivity index is 2.89. The number of esters is 1. The Labute approximate surface area is 127 Å². The molecular weight excluding hydrogens is 314 g/mol. The zero-order chi connectivity index (χ0) is 16.0. The molecule has 0 spiro atoms. The van der Waals surface area contributed by atoms with E-state index in [1.54, 1.807) is 19.2 Å². The molecule has 0 fully saturated rings. The zero-order valence-electron chi connectivity index (χ0n) is 12.2. The molecular formula is C13H19NO5S2. The van der Waals surface area contributed by atoms with Crippen LogP contribution in [0.5, 0.6) is 0 Å². The van der Waals surface area contributed by atoms with Crippen LogP contribution >= 0.6 is 0 Å². The molecule has 0 aliphatic carbocycles. The molecule has 1 N–H and O–H groups in total. The molecule has 1 aromatic rings. The van der Waals surface area contributed by atoms with Crippen LogP contribution in [0, 0.1) is 0 Å². The number of rotatable bonds is 7. The zero-order valence-corrected chi connectivity index (χ0v) is 13.8. The Hall–Kier alpha value is -1.25. The molecule has 0 aromatic heterocycles. The number of carbonyl (C=O) groups excluding carboxylic acids is 1. The van der Waals surface area contributed by atoms with Crippen LogP contribution in [-0.2, 0) is 25.6 Å². The van der Waals surface area contributed by atoms with Gasteiger partial charge in [0, 0.05) is 28.9 Å². The van der Waals surface area contributed by atoms with Crippen molar-refractivity contribution in [2.45, 2.75) is 23.5 Å². The maximum absolute atomic E-state index is 12.2. The quantitative estimate of drug-likeness (QED) is 0.749. The predicted octanol–water partition coefficient (Wildman–Crippen LogP) is 0.909. The first kappa shape index (κ1) is 17.8. The molecule has 21 heavy (non-hydrogen) atoms. The second-order valence-electron chi connectivity index (χ2n) is 4.48. The third-order valence-corrected chi connectivity index (χ3v) is 5.88. The molecule has 0 saturated carbocycles. The fraction of sp³-hybridized carbons (Fsp3) is 0.462. The number of hydrogen-bond donors (Lipinski definition) is 1. The molecule has 8 heteroatoms. The Bertz CT molecular complexity index is 627. The molecule has 1 rings (SSSR count). The average Bonchev–Trinajstić information content (AvgIpc) is 2.46. The van der Waals surface area contributed by atoms with Gasteiger partial charge >= 0.3 is 5.97 Å². The molecule has 0 aliphatic rings. The monoisotopic (exact) mass is 333 g/mol. The van der Waals surface area contributed by atoms with E-state index in [2.05, 4.69) is 9.46 Å². The minimum atomic E-state index is -3.82. The van der Waals surface area contributed by atoms with Crippen LogP contribution < -0.4 is 4.72 Å². The van der Waals surface area contributed by atoms with E-state index < -0.39 is 26.8 Å². The predicted molar refractivity (Wildman–Crippen MR) is 81.1 cm³/mol. The molecule has 2 atom stereocenters. The molecule has 0 heterocycles. The standard InChI is InChI=1S/C13H19NO5S2/c1-10(20(3)16)8-9-14-21(17,18)12-7-5-4-6-11(12)13(15)19-2/h4-7,10,14H,8-9H2,1-3H3. The third-order valence-electron chi connectivity index (χ3n) is 2.99. The lowest BCUT2D eigenvalue weighted by Gasteiger charge is -2.12. The summed E-state index contributed by atoms with van der Waals surface area (Å²) < 4.78 is 42.7. The minimum absolute atomic E-state index is 0.0142. The van der Waals surface area contributed by atoms with Gasteiger partial charge in [-0.1, -0.05) is 19.1 Å². The fourth-order valence-corrected chi connectivity index (χ4v) is 3.31. The molecule has 6 nitrogen and oxygen atoms in total. The Morgan fingerprint density at radius 2 is 2.00 bits per heavy atom. The SMILES string of the molecule is COC(=O)c1ccccc1S(=O)(=O)NCCC(C)S(C)=O. The van der Waals surface area contributed by atoms with E-state index in [-0.39, 0.29) is 22.3 Å². The molecule has 0 amide bonds. The smallest absolute Gasteiger partial charge is 0.339 e. The van der Waals surface area contributed by atoms with Gasteiger partial charge in [-0.25, -0.2) is 17.9 Å². The van der Waals surface area contributed by atoms with Gasteiger partial charge in [-0.2, -0.15) is 0 Å². The highest BCUT2D eigenvalue weighted by molar-refractivity contribution is 7.89. The highest BCUT2D eigenvalue weighted by Crippen LogP contribution is 2.16. The number of nitrogens with one attached hydrogen (secondary N) is 1. The van der Waals surface area contributed by atoms with E-state index in [0.29, 0.717) is 6.42 Å². The van der Waals surface area contributed by atoms with Crippen molar-refractivity contribution in [3.05, 3.63) is 29.8 Å². The molecule has 118 valence electrons. The molecule has 0 saturated heterocycles. The molecule has 2 unspecified atom stereocenters. The maximum atomic E-state index is 12.2. The highest BCUT2D eigenvalue weighted by Gasteiger charge is 2.22. The molecule has 0 bridgehead atoms. The minimum Gasteiger partial charge on any atom is -0.465 e. The van der Waals surface area contributed by atoms with Gasteiger partial charge in [0.2, 0.25) is 10.0 Å². The van der Waals surface area contributed by atoms with Gasteiger partial charge in [-0.15, -0.1) is 0 Å². The first-order valence-corrected chi connectivity index (χ1v) is 9.39. The number of hydrogen-bond acceptors (Lipinski definition) is 5. The van der Waals surface area contributed by atoms with Gasteiger partial charge in [-0.05, 0) is 18.6 Å². The van der Waals surface area contributed by atoms with Crippen molar-refractivity contribution in [2.24, 2.45) is 0 Å². The van der Waals surface area contributed by atoms with Gasteiger partial charge in [0.1, 0.15) is 0 Å². The lowest BCUT2D eigenvalue weighted by atomic mass is 10.2. The Morgan fingerprint density at radius 3 is 2.57 bits per heavy atom. The summed E-state index contributed by atoms with van der Waals surface area (Å²) in [5, 5.41) is -0.108. The van der Waals surface area contributed by atoms with Gasteiger partial charge < -0.3 is 4.74 Å². The number of carbonyl (C=O) groups is 1. The summed E-state index contributed by atoms with van der Waals surface area (Å²) >= 11 is 0. The van der Waals surface area contributed by atoms with Crippen LogP contribution in [0.3, 0.4) is 0 Å². The van der Waals surface area contributed by atoms with Crippen LogP contribution in [-0.4, -0.2) is 43.8 Å². The van der Waals surface area contributed by atoms with E-state index in [0.717, 1.165) is 0 Å². The molecule has 1 aromatic carbocycles. The number of sulfonamides is 1. The summed E-state index contributed by atoms with van der Waals surface area (Å²) in [7, 11) is -3.63. The summed E-state index contributed by atoms with van der Waals surface area (Å²) in [5.74, 6) is -0.709. The second-order valence-corrected chi connectivity index (χ2v) is 8.02. The lowest BCUT2D eigenvalue weighted by molar-refractivity contribution is 0.0596. The van der Waals surface area contributed by atoms with Crippen LogP contribution in [0.4, 0.5) is 0 Å². The van der Waals surface area contributed by atoms with Crippen molar-refractivity contribution in [3.8, 4) is 0 Å². The van der Waals surface area contributed by atoms with Gasteiger partial charge in [-0.3, -0.25) is 4.21 Å². The van der Waals surface area contributed by atoms with E-state index in [4.69, 9.17) is 0 Å². The number of benzene rings is 1. The van der Waals surface area contributed by atoms with Gasteiger partial charge in [0.25, 0.3) is 0 Å². The topological polar surface area (TPSA) is 89.5 Å².